The van der Waals surface area contributed by atoms with Gasteiger partial charge in [-0.3, -0.25) is 0 Å². The van der Waals surface area contributed by atoms with Gasteiger partial charge in [-0.2, -0.15) is 0 Å². The van der Waals surface area contributed by atoms with E-state index >= 15 is 0 Å². The Kier molecular flexibility index (Phi) is 3.20. The second kappa shape index (κ2) is 4.44. The van der Waals surface area contributed by atoms with Crippen LogP contribution in [0.2, 0.25) is 0 Å². The van der Waals surface area contributed by atoms with E-state index in [-0.39, 0.29) is 0 Å². The van der Waals surface area contributed by atoms with Crippen LogP contribution >= 0.6 is 11.6 Å². The van der Waals surface area contributed by atoms with E-state index in [1.807, 2.05) is 0 Å². The van der Waals surface area contributed by atoms with E-state index < -0.39 is 0 Å². The highest BCUT2D eigenvalue weighted by atomic mass is 35.5. The first-order chi connectivity index (χ1) is 7.20. The Morgan fingerprint density at radius 2 is 1.93 bits per heavy atom. The molecule has 2 rings (SSSR count). The summed E-state index contributed by atoms with van der Waals surface area (Å²) in [4.78, 5) is 2.49. The van der Waals surface area contributed by atoms with Gasteiger partial charge in [-0.1, -0.05) is 19.1 Å². The van der Waals surface area contributed by atoms with Crippen molar-refractivity contribution >= 4 is 17.3 Å². The molecule has 1 aliphatic heterocycles. The number of nitrogens with zero attached hydrogens (tertiary/aromatic N) is 1. The monoisotopic (exact) mass is 223 g/mol. The summed E-state index contributed by atoms with van der Waals surface area (Å²) >= 11 is 5.78. The van der Waals surface area contributed by atoms with Gasteiger partial charge in [0.15, 0.2) is 0 Å². The largest absolute Gasteiger partial charge is 0.369 e. The zero-order valence-electron chi connectivity index (χ0n) is 9.41. The SMILES string of the molecule is CC1CC(C)N(c2ccc(CCl)cc2)C1. The van der Waals surface area contributed by atoms with E-state index in [2.05, 4.69) is 43.0 Å². The van der Waals surface area contributed by atoms with Crippen molar-refractivity contribution < 1.29 is 0 Å². The van der Waals surface area contributed by atoms with E-state index in [1.165, 1.54) is 24.2 Å². The first-order valence-corrected chi connectivity index (χ1v) is 6.15. The number of alkyl halides is 1. The van der Waals surface area contributed by atoms with Gasteiger partial charge in [-0.15, -0.1) is 11.6 Å². The normalized spacial score (nSPS) is 25.9. The van der Waals surface area contributed by atoms with Crippen LogP contribution in [0.5, 0.6) is 0 Å². The van der Waals surface area contributed by atoms with Gasteiger partial charge in [0, 0.05) is 24.2 Å². The van der Waals surface area contributed by atoms with Gasteiger partial charge >= 0.3 is 0 Å². The van der Waals surface area contributed by atoms with E-state index in [0.29, 0.717) is 11.9 Å². The molecule has 0 aromatic heterocycles. The highest BCUT2D eigenvalue weighted by molar-refractivity contribution is 6.17. The van der Waals surface area contributed by atoms with Gasteiger partial charge in [0.1, 0.15) is 0 Å². The second-order valence-corrected chi connectivity index (χ2v) is 4.91. The van der Waals surface area contributed by atoms with Crippen molar-refractivity contribution in [2.45, 2.75) is 32.2 Å². The second-order valence-electron chi connectivity index (χ2n) is 4.64. The van der Waals surface area contributed by atoms with Crippen molar-refractivity contribution in [3.8, 4) is 0 Å². The minimum atomic E-state index is 0.603. The number of anilines is 1. The third kappa shape index (κ3) is 2.28. The van der Waals surface area contributed by atoms with E-state index in [4.69, 9.17) is 11.6 Å². The van der Waals surface area contributed by atoms with E-state index in [9.17, 15) is 0 Å². The maximum atomic E-state index is 5.78. The molecule has 2 unspecified atom stereocenters. The number of hydrogen-bond acceptors (Lipinski definition) is 1. The number of benzene rings is 1. The van der Waals surface area contributed by atoms with Crippen molar-refractivity contribution in [1.82, 2.24) is 0 Å². The lowest BCUT2D eigenvalue weighted by Gasteiger charge is -2.24. The summed E-state index contributed by atoms with van der Waals surface area (Å²) in [6, 6.07) is 9.29. The summed E-state index contributed by atoms with van der Waals surface area (Å²) in [7, 11) is 0. The van der Waals surface area contributed by atoms with Crippen molar-refractivity contribution in [3.05, 3.63) is 29.8 Å². The van der Waals surface area contributed by atoms with Crippen LogP contribution in [0.4, 0.5) is 5.69 Å². The zero-order valence-corrected chi connectivity index (χ0v) is 10.2. The summed E-state index contributed by atoms with van der Waals surface area (Å²) in [6.45, 7) is 5.81. The molecule has 0 spiro atoms. The Labute approximate surface area is 97.0 Å². The van der Waals surface area contributed by atoms with Crippen molar-refractivity contribution in [2.75, 3.05) is 11.4 Å². The van der Waals surface area contributed by atoms with Gasteiger partial charge in [-0.25, -0.2) is 0 Å². The molecule has 15 heavy (non-hydrogen) atoms. The highest BCUT2D eigenvalue weighted by Crippen LogP contribution is 2.28. The molecular weight excluding hydrogens is 206 g/mol. The van der Waals surface area contributed by atoms with Crippen LogP contribution in [0.15, 0.2) is 24.3 Å². The molecule has 1 nitrogen and oxygen atoms in total. The minimum absolute atomic E-state index is 0.603. The lowest BCUT2D eigenvalue weighted by molar-refractivity contribution is 0.625. The summed E-state index contributed by atoms with van der Waals surface area (Å²) in [5.74, 6) is 1.42. The molecule has 0 N–H and O–H groups in total. The Bertz CT molecular complexity index is 320. The van der Waals surface area contributed by atoms with Crippen LogP contribution in [0.3, 0.4) is 0 Å². The molecule has 1 heterocycles. The standard InChI is InChI=1S/C13H18ClN/c1-10-7-11(2)15(9-10)13-5-3-12(8-14)4-6-13/h3-6,10-11H,7-9H2,1-2H3. The molecule has 0 radical (unpaired) electrons. The minimum Gasteiger partial charge on any atom is -0.369 e. The van der Waals surface area contributed by atoms with Crippen LogP contribution in [0.25, 0.3) is 0 Å². The fraction of sp³-hybridized carbons (Fsp3) is 0.538. The Morgan fingerprint density at radius 1 is 1.27 bits per heavy atom. The van der Waals surface area contributed by atoms with Gasteiger partial charge < -0.3 is 4.90 Å². The molecule has 0 bridgehead atoms. The molecule has 1 aromatic rings. The first kappa shape index (κ1) is 10.8. The Hall–Kier alpha value is -0.690. The molecule has 0 saturated carbocycles. The summed E-state index contributed by atoms with van der Waals surface area (Å²) < 4.78 is 0. The Morgan fingerprint density at radius 3 is 2.40 bits per heavy atom. The molecule has 2 atom stereocenters. The lowest BCUT2D eigenvalue weighted by atomic mass is 10.1. The van der Waals surface area contributed by atoms with Gasteiger partial charge in [-0.05, 0) is 37.0 Å². The number of halogens is 1. The maximum absolute atomic E-state index is 5.78. The summed E-state index contributed by atoms with van der Waals surface area (Å²) in [5, 5.41) is 0. The summed E-state index contributed by atoms with van der Waals surface area (Å²) in [6.07, 6.45) is 1.30. The van der Waals surface area contributed by atoms with Gasteiger partial charge in [0.05, 0.1) is 0 Å². The van der Waals surface area contributed by atoms with Crippen molar-refractivity contribution in [3.63, 3.8) is 0 Å². The molecule has 1 aliphatic rings. The lowest BCUT2D eigenvalue weighted by Crippen LogP contribution is -2.26. The van der Waals surface area contributed by atoms with Crippen LogP contribution in [-0.2, 0) is 5.88 Å². The third-order valence-electron chi connectivity index (χ3n) is 3.21. The third-order valence-corrected chi connectivity index (χ3v) is 3.51. The van der Waals surface area contributed by atoms with E-state index in [0.717, 1.165) is 5.92 Å². The van der Waals surface area contributed by atoms with E-state index in [1.54, 1.807) is 0 Å². The molecule has 1 saturated heterocycles. The summed E-state index contributed by atoms with van der Waals surface area (Å²) in [5.41, 5.74) is 2.53. The molecular formula is C13H18ClN. The molecule has 1 fully saturated rings. The smallest absolute Gasteiger partial charge is 0.0474 e. The topological polar surface area (TPSA) is 3.24 Å². The average Bonchev–Trinajstić information content (AvgIpc) is 2.58. The average molecular weight is 224 g/mol. The molecule has 1 aromatic carbocycles. The van der Waals surface area contributed by atoms with Crippen LogP contribution in [-0.4, -0.2) is 12.6 Å². The predicted molar refractivity (Wildman–Crippen MR) is 66.6 cm³/mol. The zero-order chi connectivity index (χ0) is 10.8. The first-order valence-electron chi connectivity index (χ1n) is 5.62. The highest BCUT2D eigenvalue weighted by Gasteiger charge is 2.25. The molecule has 0 amide bonds. The fourth-order valence-corrected chi connectivity index (χ4v) is 2.61. The van der Waals surface area contributed by atoms with Gasteiger partial charge in [0.25, 0.3) is 0 Å². The van der Waals surface area contributed by atoms with Crippen molar-refractivity contribution in [1.29, 1.82) is 0 Å². The Balaban J connectivity index is 2.15. The van der Waals surface area contributed by atoms with Crippen LogP contribution in [0, 0.1) is 5.92 Å². The fourth-order valence-electron chi connectivity index (χ4n) is 2.44. The predicted octanol–water partition coefficient (Wildman–Crippen LogP) is 3.66. The molecule has 0 aliphatic carbocycles. The number of hydrogen-bond donors (Lipinski definition) is 0. The quantitative estimate of drug-likeness (QED) is 0.692. The van der Waals surface area contributed by atoms with Crippen LogP contribution < -0.4 is 4.90 Å². The van der Waals surface area contributed by atoms with Crippen molar-refractivity contribution in [2.24, 2.45) is 5.92 Å². The number of rotatable bonds is 2. The van der Waals surface area contributed by atoms with Crippen LogP contribution in [0.1, 0.15) is 25.8 Å². The maximum Gasteiger partial charge on any atom is 0.0474 e. The molecule has 2 heteroatoms. The van der Waals surface area contributed by atoms with Gasteiger partial charge in [0.2, 0.25) is 0 Å². The molecule has 82 valence electrons.